The number of rotatable bonds is 8. The van der Waals surface area contributed by atoms with E-state index in [-0.39, 0.29) is 5.56 Å². The number of carbonyl (C=O) groups is 1. The van der Waals surface area contributed by atoms with Gasteiger partial charge in [0, 0.05) is 0 Å². The zero-order valence-electron chi connectivity index (χ0n) is 22.2. The van der Waals surface area contributed by atoms with Crippen molar-refractivity contribution < 1.29 is 19.0 Å². The van der Waals surface area contributed by atoms with Crippen LogP contribution in [0.1, 0.15) is 36.6 Å². The van der Waals surface area contributed by atoms with Crippen molar-refractivity contribution in [2.24, 2.45) is 4.99 Å². The first-order chi connectivity index (χ1) is 19.4. The highest BCUT2D eigenvalue weighted by Gasteiger charge is 2.32. The lowest BCUT2D eigenvalue weighted by atomic mass is 9.96. The van der Waals surface area contributed by atoms with E-state index >= 15 is 0 Å². The summed E-state index contributed by atoms with van der Waals surface area (Å²) in [7, 11) is 1.33. The third kappa shape index (κ3) is 5.52. The van der Waals surface area contributed by atoms with E-state index < -0.39 is 12.0 Å². The molecule has 0 N–H and O–H groups in total. The fourth-order valence-corrected chi connectivity index (χ4v) is 6.22. The quantitative estimate of drug-likeness (QED) is 0.255. The monoisotopic (exact) mass is 618 g/mol. The van der Waals surface area contributed by atoms with Gasteiger partial charge < -0.3 is 14.2 Å². The zero-order chi connectivity index (χ0) is 28.2. The number of thiazole rings is 1. The second kappa shape index (κ2) is 12.1. The van der Waals surface area contributed by atoms with Crippen molar-refractivity contribution >= 4 is 39.3 Å². The van der Waals surface area contributed by atoms with Crippen LogP contribution in [-0.4, -0.2) is 24.3 Å². The zero-order valence-corrected chi connectivity index (χ0v) is 24.6. The number of hydrogen-bond donors (Lipinski definition) is 0. The van der Waals surface area contributed by atoms with Crippen LogP contribution in [0.4, 0.5) is 0 Å². The largest absolute Gasteiger partial charge is 0.490 e. The normalized spacial score (nSPS) is 14.9. The van der Waals surface area contributed by atoms with Gasteiger partial charge >= 0.3 is 5.97 Å². The van der Waals surface area contributed by atoms with Gasteiger partial charge in [-0.05, 0) is 64.7 Å². The SMILES string of the molecule is CCOc1cc(/C=c2\sc3n(c2=O)[C@H](c2ccccc2)C(C(=O)OC)=C(C)N=3)cc(Br)c1OCc1ccccc1. The minimum atomic E-state index is -0.647. The molecule has 1 aliphatic heterocycles. The number of aromatic nitrogens is 1. The molecule has 0 bridgehead atoms. The fraction of sp³-hybridized carbons (Fsp3) is 0.194. The Morgan fingerprint density at radius 2 is 1.77 bits per heavy atom. The number of fused-ring (bicyclic) bond motifs is 1. The molecule has 0 spiro atoms. The van der Waals surface area contributed by atoms with Gasteiger partial charge in [-0.15, -0.1) is 0 Å². The van der Waals surface area contributed by atoms with Crippen LogP contribution < -0.4 is 24.4 Å². The predicted octanol–water partition coefficient (Wildman–Crippen LogP) is 5.15. The van der Waals surface area contributed by atoms with Crippen molar-refractivity contribution in [2.45, 2.75) is 26.5 Å². The molecule has 0 radical (unpaired) electrons. The summed E-state index contributed by atoms with van der Waals surface area (Å²) in [6.07, 6.45) is 1.80. The van der Waals surface area contributed by atoms with E-state index in [0.29, 0.717) is 49.8 Å². The molecule has 0 fully saturated rings. The van der Waals surface area contributed by atoms with Gasteiger partial charge in [0.05, 0.1) is 40.0 Å². The maximum atomic E-state index is 13.8. The first-order valence-corrected chi connectivity index (χ1v) is 14.3. The van der Waals surface area contributed by atoms with Crippen LogP contribution >= 0.6 is 27.3 Å². The summed E-state index contributed by atoms with van der Waals surface area (Å²) < 4.78 is 19.8. The van der Waals surface area contributed by atoms with Gasteiger partial charge in [-0.3, -0.25) is 9.36 Å². The molecule has 204 valence electrons. The highest BCUT2D eigenvalue weighted by Crippen LogP contribution is 2.38. The summed E-state index contributed by atoms with van der Waals surface area (Å²) in [6, 6.07) is 22.4. The number of methoxy groups -OCH3 is 1. The van der Waals surface area contributed by atoms with E-state index in [9.17, 15) is 9.59 Å². The maximum Gasteiger partial charge on any atom is 0.338 e. The van der Waals surface area contributed by atoms with E-state index in [0.717, 1.165) is 16.7 Å². The standard InChI is InChI=1S/C31H27BrN2O5S/c1-4-38-24-16-21(15-23(32)28(24)39-18-20-11-7-5-8-12-20)17-25-29(35)34-27(22-13-9-6-10-14-22)26(30(36)37-3)19(2)33-31(34)40-25/h5-17,27H,4,18H2,1-3H3/b25-17-/t27-/m1/s1. The predicted molar refractivity (Wildman–Crippen MR) is 158 cm³/mol. The van der Waals surface area contributed by atoms with Gasteiger partial charge in [0.1, 0.15) is 6.61 Å². The van der Waals surface area contributed by atoms with Crippen molar-refractivity contribution in [2.75, 3.05) is 13.7 Å². The average molecular weight is 620 g/mol. The number of ether oxygens (including phenoxy) is 3. The third-order valence-electron chi connectivity index (χ3n) is 6.40. The van der Waals surface area contributed by atoms with Crippen molar-refractivity contribution in [3.8, 4) is 11.5 Å². The van der Waals surface area contributed by atoms with Gasteiger partial charge in [-0.1, -0.05) is 72.0 Å². The minimum absolute atomic E-state index is 0.245. The van der Waals surface area contributed by atoms with Crippen LogP contribution in [0.2, 0.25) is 0 Å². The molecular formula is C31H27BrN2O5S. The lowest BCUT2D eigenvalue weighted by Gasteiger charge is -2.24. The Morgan fingerprint density at radius 1 is 1.07 bits per heavy atom. The van der Waals surface area contributed by atoms with Crippen LogP contribution in [0.3, 0.4) is 0 Å². The molecule has 0 saturated heterocycles. The second-order valence-corrected chi connectivity index (χ2v) is 10.9. The van der Waals surface area contributed by atoms with Gasteiger partial charge in [-0.25, -0.2) is 9.79 Å². The minimum Gasteiger partial charge on any atom is -0.490 e. The van der Waals surface area contributed by atoms with Gasteiger partial charge in [0.15, 0.2) is 16.3 Å². The number of nitrogens with zero attached hydrogens (tertiary/aromatic N) is 2. The molecule has 5 rings (SSSR count). The Kier molecular flexibility index (Phi) is 8.32. The molecular weight excluding hydrogens is 592 g/mol. The molecule has 40 heavy (non-hydrogen) atoms. The summed E-state index contributed by atoms with van der Waals surface area (Å²) in [5, 5.41) is 0. The van der Waals surface area contributed by atoms with Crippen LogP contribution in [0.25, 0.3) is 6.08 Å². The fourth-order valence-electron chi connectivity index (χ4n) is 4.60. The van der Waals surface area contributed by atoms with Crippen molar-refractivity contribution in [3.63, 3.8) is 0 Å². The van der Waals surface area contributed by atoms with E-state index in [1.807, 2.05) is 79.7 Å². The number of halogens is 1. The maximum absolute atomic E-state index is 13.8. The number of carbonyl (C=O) groups excluding carboxylic acids is 1. The molecule has 0 saturated carbocycles. The summed E-state index contributed by atoms with van der Waals surface area (Å²) in [6.45, 7) is 4.51. The van der Waals surface area contributed by atoms with E-state index in [1.54, 1.807) is 17.6 Å². The number of esters is 1. The van der Waals surface area contributed by atoms with E-state index in [4.69, 9.17) is 14.2 Å². The Morgan fingerprint density at radius 3 is 2.45 bits per heavy atom. The van der Waals surface area contributed by atoms with Crippen molar-refractivity contribution in [3.05, 3.63) is 125 Å². The second-order valence-electron chi connectivity index (χ2n) is 9.02. The number of benzene rings is 3. The number of allylic oxidation sites excluding steroid dienone is 1. The van der Waals surface area contributed by atoms with Crippen LogP contribution in [0.5, 0.6) is 11.5 Å². The Bertz CT molecular complexity index is 1760. The highest BCUT2D eigenvalue weighted by molar-refractivity contribution is 9.10. The summed E-state index contributed by atoms with van der Waals surface area (Å²) in [4.78, 5) is 31.8. The van der Waals surface area contributed by atoms with Gasteiger partial charge in [0.25, 0.3) is 5.56 Å². The van der Waals surface area contributed by atoms with Crippen LogP contribution in [-0.2, 0) is 16.1 Å². The summed E-state index contributed by atoms with van der Waals surface area (Å²) in [5.41, 5.74) is 3.21. The first kappa shape index (κ1) is 27.6. The molecule has 1 atom stereocenters. The lowest BCUT2D eigenvalue weighted by Crippen LogP contribution is -2.39. The highest BCUT2D eigenvalue weighted by atomic mass is 79.9. The molecule has 0 aliphatic carbocycles. The Hall–Kier alpha value is -3.95. The average Bonchev–Trinajstić information content (AvgIpc) is 3.26. The van der Waals surface area contributed by atoms with E-state index in [2.05, 4.69) is 20.9 Å². The van der Waals surface area contributed by atoms with Crippen LogP contribution in [0, 0.1) is 0 Å². The molecule has 7 nitrogen and oxygen atoms in total. The number of hydrogen-bond acceptors (Lipinski definition) is 7. The van der Waals surface area contributed by atoms with Crippen LogP contribution in [0.15, 0.2) is 98.3 Å². The van der Waals surface area contributed by atoms with Gasteiger partial charge in [-0.2, -0.15) is 0 Å². The smallest absolute Gasteiger partial charge is 0.338 e. The first-order valence-electron chi connectivity index (χ1n) is 12.7. The van der Waals surface area contributed by atoms with Gasteiger partial charge in [0.2, 0.25) is 0 Å². The van der Waals surface area contributed by atoms with Crippen molar-refractivity contribution in [1.82, 2.24) is 4.57 Å². The molecule has 3 aromatic carbocycles. The molecule has 1 aliphatic rings. The molecule has 1 aromatic heterocycles. The summed E-state index contributed by atoms with van der Waals surface area (Å²) in [5.74, 6) is 0.644. The van der Waals surface area contributed by atoms with E-state index in [1.165, 1.54) is 18.4 Å². The summed E-state index contributed by atoms with van der Waals surface area (Å²) >= 11 is 4.90. The molecule has 0 amide bonds. The molecule has 4 aromatic rings. The Labute approximate surface area is 243 Å². The molecule has 0 unspecified atom stereocenters. The topological polar surface area (TPSA) is 79.1 Å². The lowest BCUT2D eigenvalue weighted by molar-refractivity contribution is -0.136. The van der Waals surface area contributed by atoms with Crippen molar-refractivity contribution in [1.29, 1.82) is 0 Å². The molecule has 2 heterocycles. The third-order valence-corrected chi connectivity index (χ3v) is 7.97. The Balaban J connectivity index is 1.59. The molecule has 9 heteroatoms.